The molecule has 19 heavy (non-hydrogen) atoms. The molecule has 0 unspecified atom stereocenters. The van der Waals surface area contributed by atoms with Crippen LogP contribution in [0.25, 0.3) is 0 Å². The molecular weight excluding hydrogens is 266 g/mol. The van der Waals surface area contributed by atoms with E-state index in [0.29, 0.717) is 29.1 Å². The van der Waals surface area contributed by atoms with Crippen LogP contribution in [0.15, 0.2) is 18.2 Å². The number of carbonyl (C=O) groups is 2. The molecule has 102 valence electrons. The predicted octanol–water partition coefficient (Wildman–Crippen LogP) is 1.52. The van der Waals surface area contributed by atoms with E-state index in [1.54, 1.807) is 25.2 Å². The van der Waals surface area contributed by atoms with Gasteiger partial charge >= 0.3 is 0 Å². The number of hydrogen-bond donors (Lipinski definition) is 3. The van der Waals surface area contributed by atoms with Crippen molar-refractivity contribution in [2.24, 2.45) is 5.73 Å². The largest absolute Gasteiger partial charge is 0.355 e. The van der Waals surface area contributed by atoms with E-state index in [2.05, 4.69) is 10.6 Å². The minimum atomic E-state index is -0.799. The Hall–Kier alpha value is -1.59. The van der Waals surface area contributed by atoms with Gasteiger partial charge in [-0.2, -0.15) is 0 Å². The third-order valence-electron chi connectivity index (χ3n) is 3.40. The molecule has 0 aromatic heterocycles. The summed E-state index contributed by atoms with van der Waals surface area (Å²) in [7, 11) is 1.54. The molecule has 1 aromatic rings. The Labute approximate surface area is 116 Å². The van der Waals surface area contributed by atoms with Gasteiger partial charge in [-0.25, -0.2) is 0 Å². The number of hydrogen-bond acceptors (Lipinski definition) is 3. The molecule has 0 bridgehead atoms. The predicted molar refractivity (Wildman–Crippen MR) is 74.2 cm³/mol. The maximum absolute atomic E-state index is 12.0. The van der Waals surface area contributed by atoms with Crippen LogP contribution in [-0.4, -0.2) is 24.4 Å². The Morgan fingerprint density at radius 2 is 2.05 bits per heavy atom. The van der Waals surface area contributed by atoms with E-state index in [1.807, 2.05) is 0 Å². The zero-order valence-electron chi connectivity index (χ0n) is 10.6. The number of halogens is 1. The van der Waals surface area contributed by atoms with Crippen molar-refractivity contribution >= 4 is 29.1 Å². The Bertz CT molecular complexity index is 527. The van der Waals surface area contributed by atoms with E-state index in [-0.39, 0.29) is 11.8 Å². The van der Waals surface area contributed by atoms with Gasteiger partial charge < -0.3 is 16.4 Å². The van der Waals surface area contributed by atoms with Crippen LogP contribution >= 0.6 is 11.6 Å². The van der Waals surface area contributed by atoms with Gasteiger partial charge in [0.25, 0.3) is 5.91 Å². The van der Waals surface area contributed by atoms with Crippen molar-refractivity contribution in [3.8, 4) is 0 Å². The van der Waals surface area contributed by atoms with Crippen LogP contribution < -0.4 is 16.4 Å². The summed E-state index contributed by atoms with van der Waals surface area (Å²) in [5.74, 6) is -0.493. The van der Waals surface area contributed by atoms with Gasteiger partial charge in [0.15, 0.2) is 0 Å². The van der Waals surface area contributed by atoms with E-state index in [1.165, 1.54) is 0 Å². The van der Waals surface area contributed by atoms with Crippen LogP contribution in [0.2, 0.25) is 5.02 Å². The summed E-state index contributed by atoms with van der Waals surface area (Å²) in [4.78, 5) is 23.6. The van der Waals surface area contributed by atoms with E-state index < -0.39 is 5.54 Å². The minimum absolute atomic E-state index is 0.238. The number of nitrogens with one attached hydrogen (secondary N) is 2. The summed E-state index contributed by atoms with van der Waals surface area (Å²) >= 11 is 6.01. The maximum Gasteiger partial charge on any atom is 0.251 e. The quantitative estimate of drug-likeness (QED) is 0.785. The number of rotatable bonds is 3. The van der Waals surface area contributed by atoms with Crippen LogP contribution in [0, 0.1) is 0 Å². The summed E-state index contributed by atoms with van der Waals surface area (Å²) in [6.07, 6.45) is 2.30. The molecule has 0 heterocycles. The van der Waals surface area contributed by atoms with Crippen molar-refractivity contribution < 1.29 is 9.59 Å². The van der Waals surface area contributed by atoms with Crippen molar-refractivity contribution in [3.05, 3.63) is 28.8 Å². The first-order valence-corrected chi connectivity index (χ1v) is 6.46. The second-order valence-electron chi connectivity index (χ2n) is 4.74. The monoisotopic (exact) mass is 281 g/mol. The lowest BCUT2D eigenvalue weighted by atomic mass is 9.77. The zero-order chi connectivity index (χ0) is 14.0. The molecule has 1 aromatic carbocycles. The van der Waals surface area contributed by atoms with E-state index in [4.69, 9.17) is 17.3 Å². The SMILES string of the molecule is CNC(=O)c1ccc(Cl)c(NC(=O)C2(N)CCC2)c1. The lowest BCUT2D eigenvalue weighted by Gasteiger charge is -2.36. The Kier molecular flexibility index (Phi) is 3.78. The zero-order valence-corrected chi connectivity index (χ0v) is 11.4. The van der Waals surface area contributed by atoms with Gasteiger partial charge in [0.2, 0.25) is 5.91 Å². The highest BCUT2D eigenvalue weighted by atomic mass is 35.5. The molecule has 1 saturated carbocycles. The summed E-state index contributed by atoms with van der Waals surface area (Å²) in [6, 6.07) is 4.71. The smallest absolute Gasteiger partial charge is 0.251 e. The van der Waals surface area contributed by atoms with Crippen LogP contribution in [0.5, 0.6) is 0 Å². The Balaban J connectivity index is 2.19. The fourth-order valence-corrected chi connectivity index (χ4v) is 2.10. The van der Waals surface area contributed by atoms with Crippen molar-refractivity contribution in [2.45, 2.75) is 24.8 Å². The molecule has 0 spiro atoms. The van der Waals surface area contributed by atoms with Crippen LogP contribution in [0.1, 0.15) is 29.6 Å². The molecule has 0 saturated heterocycles. The molecule has 0 aliphatic heterocycles. The molecule has 4 N–H and O–H groups in total. The van der Waals surface area contributed by atoms with Crippen molar-refractivity contribution in [1.82, 2.24) is 5.32 Å². The van der Waals surface area contributed by atoms with Gasteiger partial charge in [-0.3, -0.25) is 9.59 Å². The summed E-state index contributed by atoms with van der Waals surface area (Å²) in [5, 5.41) is 5.59. The molecule has 0 radical (unpaired) electrons. The van der Waals surface area contributed by atoms with Gasteiger partial charge in [0.1, 0.15) is 0 Å². The van der Waals surface area contributed by atoms with Crippen molar-refractivity contribution in [1.29, 1.82) is 0 Å². The van der Waals surface area contributed by atoms with Gasteiger partial charge in [0.05, 0.1) is 16.2 Å². The number of carbonyl (C=O) groups excluding carboxylic acids is 2. The number of anilines is 1. The second kappa shape index (κ2) is 5.19. The first-order valence-electron chi connectivity index (χ1n) is 6.08. The van der Waals surface area contributed by atoms with Gasteiger partial charge in [-0.1, -0.05) is 11.6 Å². The van der Waals surface area contributed by atoms with E-state index in [9.17, 15) is 9.59 Å². The van der Waals surface area contributed by atoms with Gasteiger partial charge in [-0.15, -0.1) is 0 Å². The highest BCUT2D eigenvalue weighted by Crippen LogP contribution is 2.31. The third kappa shape index (κ3) is 2.72. The fraction of sp³-hybridized carbons (Fsp3) is 0.385. The molecule has 2 rings (SSSR count). The third-order valence-corrected chi connectivity index (χ3v) is 3.73. The summed E-state index contributed by atoms with van der Waals surface area (Å²) < 4.78 is 0. The van der Waals surface area contributed by atoms with Gasteiger partial charge in [-0.05, 0) is 37.5 Å². The highest BCUT2D eigenvalue weighted by molar-refractivity contribution is 6.34. The maximum atomic E-state index is 12.0. The van der Waals surface area contributed by atoms with Crippen molar-refractivity contribution in [2.75, 3.05) is 12.4 Å². The molecule has 1 aliphatic rings. The highest BCUT2D eigenvalue weighted by Gasteiger charge is 2.40. The second-order valence-corrected chi connectivity index (χ2v) is 5.14. The number of benzene rings is 1. The molecule has 1 fully saturated rings. The molecule has 5 nitrogen and oxygen atoms in total. The van der Waals surface area contributed by atoms with E-state index in [0.717, 1.165) is 6.42 Å². The standard InChI is InChI=1S/C13H16ClN3O2/c1-16-11(18)8-3-4-9(14)10(7-8)17-12(19)13(15)5-2-6-13/h3-4,7H,2,5-6,15H2,1H3,(H,16,18)(H,17,19). The average molecular weight is 282 g/mol. The number of amides is 2. The fourth-order valence-electron chi connectivity index (χ4n) is 1.94. The lowest BCUT2D eigenvalue weighted by Crippen LogP contribution is -2.56. The van der Waals surface area contributed by atoms with Crippen LogP contribution in [-0.2, 0) is 4.79 Å². The molecule has 1 aliphatic carbocycles. The van der Waals surface area contributed by atoms with Gasteiger partial charge in [0, 0.05) is 12.6 Å². The summed E-state index contributed by atoms with van der Waals surface area (Å²) in [6.45, 7) is 0. The molecule has 0 atom stereocenters. The van der Waals surface area contributed by atoms with Crippen LogP contribution in [0.4, 0.5) is 5.69 Å². The van der Waals surface area contributed by atoms with Crippen LogP contribution in [0.3, 0.4) is 0 Å². The normalized spacial score (nSPS) is 16.4. The van der Waals surface area contributed by atoms with E-state index >= 15 is 0 Å². The Morgan fingerprint density at radius 3 is 2.58 bits per heavy atom. The topological polar surface area (TPSA) is 84.2 Å². The lowest BCUT2D eigenvalue weighted by molar-refractivity contribution is -0.123. The average Bonchev–Trinajstić information content (AvgIpc) is 2.37. The first kappa shape index (κ1) is 13.8. The van der Waals surface area contributed by atoms with Crippen molar-refractivity contribution in [3.63, 3.8) is 0 Å². The molecular formula is C13H16ClN3O2. The molecule has 6 heteroatoms. The Morgan fingerprint density at radius 1 is 1.37 bits per heavy atom. The first-order chi connectivity index (χ1) is 8.96. The molecule has 2 amide bonds. The number of nitrogens with two attached hydrogens (primary N) is 1. The summed E-state index contributed by atoms with van der Waals surface area (Å²) in [5.41, 5.74) is 5.97. The minimum Gasteiger partial charge on any atom is -0.355 e.